The summed E-state index contributed by atoms with van der Waals surface area (Å²) in [5.74, 6) is -1.33. The van der Waals surface area contributed by atoms with E-state index in [1.165, 1.54) is 24.3 Å². The molecule has 1 N–H and O–H groups in total. The molecule has 0 radical (unpaired) electrons. The summed E-state index contributed by atoms with van der Waals surface area (Å²) < 4.78 is 51.2. The van der Waals surface area contributed by atoms with Gasteiger partial charge in [0.1, 0.15) is 5.82 Å². The molecule has 110 valence electrons. The highest BCUT2D eigenvalue weighted by Crippen LogP contribution is 2.30. The molecule has 0 fully saturated rings. The Hall–Kier alpha value is -1.89. The maximum Gasteiger partial charge on any atom is 0.416 e. The molecular weight excluding hydrogens is 354 g/mol. The van der Waals surface area contributed by atoms with Crippen LogP contribution in [-0.2, 0) is 6.18 Å². The molecule has 0 aromatic heterocycles. The number of anilines is 1. The number of amides is 1. The van der Waals surface area contributed by atoms with Gasteiger partial charge in [0.25, 0.3) is 5.91 Å². The van der Waals surface area contributed by atoms with Gasteiger partial charge in [-0.1, -0.05) is 6.07 Å². The van der Waals surface area contributed by atoms with Gasteiger partial charge in [-0.2, -0.15) is 13.2 Å². The Morgan fingerprint density at radius 1 is 1.10 bits per heavy atom. The van der Waals surface area contributed by atoms with Crippen LogP contribution in [0.15, 0.2) is 46.9 Å². The zero-order chi connectivity index (χ0) is 15.6. The quantitative estimate of drug-likeness (QED) is 0.760. The smallest absolute Gasteiger partial charge is 0.322 e. The van der Waals surface area contributed by atoms with E-state index in [4.69, 9.17) is 0 Å². The average molecular weight is 362 g/mol. The number of hydrogen-bond acceptors (Lipinski definition) is 1. The number of nitrogens with one attached hydrogen (secondary N) is 1. The molecule has 0 heterocycles. The largest absolute Gasteiger partial charge is 0.416 e. The number of benzene rings is 2. The lowest BCUT2D eigenvalue weighted by molar-refractivity contribution is -0.137. The third kappa shape index (κ3) is 3.81. The fourth-order valence-corrected chi connectivity index (χ4v) is 1.86. The zero-order valence-electron chi connectivity index (χ0n) is 10.3. The Balaban J connectivity index is 2.21. The number of hydrogen-bond donors (Lipinski definition) is 1. The van der Waals surface area contributed by atoms with Gasteiger partial charge in [-0.3, -0.25) is 4.79 Å². The van der Waals surface area contributed by atoms with Gasteiger partial charge in [-0.15, -0.1) is 0 Å². The van der Waals surface area contributed by atoms with Crippen LogP contribution in [0.25, 0.3) is 0 Å². The number of rotatable bonds is 2. The van der Waals surface area contributed by atoms with Crippen molar-refractivity contribution in [1.29, 1.82) is 0 Å². The summed E-state index contributed by atoms with van der Waals surface area (Å²) in [5.41, 5.74) is -0.881. The van der Waals surface area contributed by atoms with Gasteiger partial charge in [-0.05, 0) is 52.3 Å². The molecule has 7 heteroatoms. The fraction of sp³-hybridized carbons (Fsp3) is 0.0714. The summed E-state index contributed by atoms with van der Waals surface area (Å²) in [6, 6.07) is 7.91. The van der Waals surface area contributed by atoms with Crippen LogP contribution in [-0.4, -0.2) is 5.91 Å². The minimum atomic E-state index is -4.50. The Kier molecular flexibility index (Phi) is 4.32. The first-order valence-corrected chi connectivity index (χ1v) is 6.50. The van der Waals surface area contributed by atoms with Crippen LogP contribution in [0.2, 0.25) is 0 Å². The van der Waals surface area contributed by atoms with Crippen molar-refractivity contribution in [3.05, 3.63) is 63.9 Å². The van der Waals surface area contributed by atoms with Gasteiger partial charge in [0.15, 0.2) is 0 Å². The molecule has 0 spiro atoms. The van der Waals surface area contributed by atoms with Crippen molar-refractivity contribution in [2.45, 2.75) is 6.18 Å². The molecule has 0 atom stereocenters. The first-order valence-electron chi connectivity index (χ1n) is 5.71. The second-order valence-electron chi connectivity index (χ2n) is 4.16. The highest BCUT2D eigenvalue weighted by Gasteiger charge is 2.30. The summed E-state index contributed by atoms with van der Waals surface area (Å²) in [5, 5.41) is 2.30. The first-order chi connectivity index (χ1) is 9.77. The van der Waals surface area contributed by atoms with Crippen molar-refractivity contribution in [1.82, 2.24) is 0 Å². The standard InChI is InChI=1S/C14H8BrF4NO/c15-11-5-4-8(6-12(11)16)13(21)20-10-3-1-2-9(7-10)14(17,18)19/h1-7H,(H,20,21). The van der Waals surface area contributed by atoms with Crippen LogP contribution in [0.1, 0.15) is 15.9 Å². The Morgan fingerprint density at radius 2 is 1.81 bits per heavy atom. The predicted octanol–water partition coefficient (Wildman–Crippen LogP) is 4.86. The molecule has 1 amide bonds. The summed E-state index contributed by atoms with van der Waals surface area (Å²) in [4.78, 5) is 11.9. The third-order valence-electron chi connectivity index (χ3n) is 2.63. The lowest BCUT2D eigenvalue weighted by atomic mass is 10.1. The maximum absolute atomic E-state index is 13.3. The van der Waals surface area contributed by atoms with Crippen molar-refractivity contribution in [2.24, 2.45) is 0 Å². The first kappa shape index (κ1) is 15.5. The number of alkyl halides is 3. The average Bonchev–Trinajstić information content (AvgIpc) is 2.41. The van der Waals surface area contributed by atoms with Gasteiger partial charge >= 0.3 is 6.18 Å². The number of carbonyl (C=O) groups is 1. The molecule has 2 nitrogen and oxygen atoms in total. The van der Waals surface area contributed by atoms with Gasteiger partial charge in [0.2, 0.25) is 0 Å². The second kappa shape index (κ2) is 5.85. The monoisotopic (exact) mass is 361 g/mol. The van der Waals surface area contributed by atoms with Crippen LogP contribution < -0.4 is 5.32 Å². The molecule has 0 saturated carbocycles. The van der Waals surface area contributed by atoms with Crippen LogP contribution in [0.4, 0.5) is 23.2 Å². The fourth-order valence-electron chi connectivity index (χ4n) is 1.61. The van der Waals surface area contributed by atoms with Gasteiger partial charge in [-0.25, -0.2) is 4.39 Å². The van der Waals surface area contributed by atoms with E-state index in [2.05, 4.69) is 21.2 Å². The van der Waals surface area contributed by atoms with Gasteiger partial charge in [0, 0.05) is 11.3 Å². The molecule has 2 aromatic carbocycles. The predicted molar refractivity (Wildman–Crippen MR) is 73.5 cm³/mol. The van der Waals surface area contributed by atoms with E-state index in [-0.39, 0.29) is 15.7 Å². The number of carbonyl (C=O) groups excluding carboxylic acids is 1. The van der Waals surface area contributed by atoms with Crippen LogP contribution >= 0.6 is 15.9 Å². The van der Waals surface area contributed by atoms with Crippen molar-refractivity contribution in [3.8, 4) is 0 Å². The molecule has 0 aliphatic heterocycles. The summed E-state index contributed by atoms with van der Waals surface area (Å²) in [6.45, 7) is 0. The third-order valence-corrected chi connectivity index (χ3v) is 3.27. The minimum Gasteiger partial charge on any atom is -0.322 e. The summed E-state index contributed by atoms with van der Waals surface area (Å²) >= 11 is 2.94. The van der Waals surface area contributed by atoms with E-state index >= 15 is 0 Å². The highest BCUT2D eigenvalue weighted by molar-refractivity contribution is 9.10. The van der Waals surface area contributed by atoms with E-state index in [9.17, 15) is 22.4 Å². The Labute approximate surface area is 125 Å². The van der Waals surface area contributed by atoms with E-state index in [0.717, 1.165) is 18.2 Å². The Morgan fingerprint density at radius 3 is 2.43 bits per heavy atom. The van der Waals surface area contributed by atoms with E-state index in [0.29, 0.717) is 0 Å². The van der Waals surface area contributed by atoms with Crippen LogP contribution in [0.3, 0.4) is 0 Å². The highest BCUT2D eigenvalue weighted by atomic mass is 79.9. The van der Waals surface area contributed by atoms with E-state index < -0.39 is 23.5 Å². The van der Waals surface area contributed by atoms with Gasteiger partial charge in [0.05, 0.1) is 10.0 Å². The summed E-state index contributed by atoms with van der Waals surface area (Å²) in [7, 11) is 0. The molecule has 0 saturated heterocycles. The van der Waals surface area contributed by atoms with Crippen molar-refractivity contribution in [3.63, 3.8) is 0 Å². The van der Waals surface area contributed by atoms with Crippen LogP contribution in [0, 0.1) is 5.82 Å². The molecule has 21 heavy (non-hydrogen) atoms. The van der Waals surface area contributed by atoms with Crippen molar-refractivity contribution in [2.75, 3.05) is 5.32 Å². The maximum atomic E-state index is 13.3. The molecule has 0 bridgehead atoms. The normalized spacial score (nSPS) is 11.3. The second-order valence-corrected chi connectivity index (χ2v) is 5.02. The van der Waals surface area contributed by atoms with E-state index in [1.54, 1.807) is 0 Å². The minimum absolute atomic E-state index is 0.00751. The molecule has 0 aliphatic carbocycles. The molecule has 2 rings (SSSR count). The van der Waals surface area contributed by atoms with Crippen LogP contribution in [0.5, 0.6) is 0 Å². The van der Waals surface area contributed by atoms with Crippen molar-refractivity contribution < 1.29 is 22.4 Å². The lowest BCUT2D eigenvalue weighted by Gasteiger charge is -2.10. The molecule has 2 aromatic rings. The molecule has 0 aliphatic rings. The van der Waals surface area contributed by atoms with E-state index in [1.807, 2.05) is 0 Å². The van der Waals surface area contributed by atoms with Crippen molar-refractivity contribution >= 4 is 27.5 Å². The number of halogens is 5. The summed E-state index contributed by atoms with van der Waals surface area (Å²) in [6.07, 6.45) is -4.50. The SMILES string of the molecule is O=C(Nc1cccc(C(F)(F)F)c1)c1ccc(Br)c(F)c1. The zero-order valence-corrected chi connectivity index (χ0v) is 11.9. The molecule has 0 unspecified atom stereocenters. The molecular formula is C14H8BrF4NO. The Bertz CT molecular complexity index is 685. The lowest BCUT2D eigenvalue weighted by Crippen LogP contribution is -2.13. The topological polar surface area (TPSA) is 29.1 Å². The van der Waals surface area contributed by atoms with Gasteiger partial charge < -0.3 is 5.32 Å².